The number of ether oxygens (including phenoxy) is 1. The maximum Gasteiger partial charge on any atom is 0.258 e. The molecule has 1 atom stereocenters. The van der Waals surface area contributed by atoms with Gasteiger partial charge < -0.3 is 14.1 Å². The second-order valence-corrected chi connectivity index (χ2v) is 4.79. The Labute approximate surface area is 122 Å². The third-order valence-electron chi connectivity index (χ3n) is 3.34. The van der Waals surface area contributed by atoms with Gasteiger partial charge in [-0.15, -0.1) is 0 Å². The molecule has 0 spiro atoms. The molecule has 0 saturated carbocycles. The Morgan fingerprint density at radius 2 is 2.05 bits per heavy atom. The van der Waals surface area contributed by atoms with Crippen LogP contribution >= 0.6 is 11.6 Å². The Bertz CT molecular complexity index is 609. The van der Waals surface area contributed by atoms with Crippen LogP contribution in [0.5, 0.6) is 5.75 Å². The van der Waals surface area contributed by atoms with Gasteiger partial charge in [0.15, 0.2) is 0 Å². The van der Waals surface area contributed by atoms with Gasteiger partial charge in [-0.05, 0) is 30.7 Å². The minimum atomic E-state index is -0.192. The Kier molecular flexibility index (Phi) is 4.35. The summed E-state index contributed by atoms with van der Waals surface area (Å²) in [4.78, 5) is 14.0. The molecule has 0 saturated heterocycles. The molecule has 0 radical (unpaired) electrons. The fourth-order valence-electron chi connectivity index (χ4n) is 2.03. The number of para-hydroxylation sites is 1. The zero-order valence-electron chi connectivity index (χ0n) is 11.6. The van der Waals surface area contributed by atoms with Gasteiger partial charge in [0, 0.05) is 12.6 Å². The first-order valence-electron chi connectivity index (χ1n) is 6.19. The number of hydrogen-bond donors (Lipinski definition) is 0. The van der Waals surface area contributed by atoms with Crippen LogP contribution in [0, 0.1) is 0 Å². The Hall–Kier alpha value is -1.94. The molecule has 0 aliphatic rings. The van der Waals surface area contributed by atoms with Gasteiger partial charge in [-0.1, -0.05) is 18.2 Å². The van der Waals surface area contributed by atoms with E-state index in [1.165, 1.54) is 6.26 Å². The van der Waals surface area contributed by atoms with Gasteiger partial charge in [0.1, 0.15) is 5.75 Å². The molecule has 0 N–H and O–H groups in total. The van der Waals surface area contributed by atoms with Crippen LogP contribution in [0.3, 0.4) is 0 Å². The van der Waals surface area contributed by atoms with E-state index in [-0.39, 0.29) is 17.2 Å². The Balaban J connectivity index is 2.27. The lowest BCUT2D eigenvalue weighted by Gasteiger charge is -2.26. The van der Waals surface area contributed by atoms with Gasteiger partial charge >= 0.3 is 0 Å². The van der Waals surface area contributed by atoms with Gasteiger partial charge in [-0.2, -0.15) is 0 Å². The highest BCUT2D eigenvalue weighted by molar-refractivity contribution is 6.32. The highest BCUT2D eigenvalue weighted by Gasteiger charge is 2.24. The highest BCUT2D eigenvalue weighted by atomic mass is 35.5. The van der Waals surface area contributed by atoms with E-state index in [1.807, 2.05) is 31.2 Å². The SMILES string of the molecule is COc1ccccc1C(C)N(C)C(=O)c1ccoc1Cl. The van der Waals surface area contributed by atoms with E-state index in [0.29, 0.717) is 5.56 Å². The fourth-order valence-corrected chi connectivity index (χ4v) is 2.23. The molecule has 5 heteroatoms. The number of methoxy groups -OCH3 is 1. The largest absolute Gasteiger partial charge is 0.496 e. The van der Waals surface area contributed by atoms with E-state index in [2.05, 4.69) is 0 Å². The standard InChI is InChI=1S/C15H16ClNO3/c1-10(11-6-4-5-7-13(11)19-3)17(2)15(18)12-8-9-20-14(12)16/h4-10H,1-3H3. The molecule has 1 heterocycles. The minimum Gasteiger partial charge on any atom is -0.496 e. The van der Waals surface area contributed by atoms with Crippen molar-refractivity contribution < 1.29 is 13.9 Å². The van der Waals surface area contributed by atoms with Crippen LogP contribution in [0.1, 0.15) is 28.9 Å². The number of halogens is 1. The summed E-state index contributed by atoms with van der Waals surface area (Å²) in [7, 11) is 3.34. The topological polar surface area (TPSA) is 42.7 Å². The first kappa shape index (κ1) is 14.5. The second kappa shape index (κ2) is 6.01. The number of amides is 1. The van der Waals surface area contributed by atoms with Crippen LogP contribution < -0.4 is 4.74 Å². The van der Waals surface area contributed by atoms with Gasteiger partial charge in [0.2, 0.25) is 5.22 Å². The summed E-state index contributed by atoms with van der Waals surface area (Å²) in [5.41, 5.74) is 1.29. The molecule has 2 rings (SSSR count). The summed E-state index contributed by atoms with van der Waals surface area (Å²) in [6, 6.07) is 9.03. The molecule has 20 heavy (non-hydrogen) atoms. The van der Waals surface area contributed by atoms with Crippen LogP contribution in [0.4, 0.5) is 0 Å². The Morgan fingerprint density at radius 3 is 2.65 bits per heavy atom. The molecule has 106 valence electrons. The summed E-state index contributed by atoms with van der Waals surface area (Å²) in [5.74, 6) is 0.556. The van der Waals surface area contributed by atoms with Gasteiger partial charge in [0.05, 0.1) is 25.0 Å². The number of nitrogens with zero attached hydrogens (tertiary/aromatic N) is 1. The second-order valence-electron chi connectivity index (χ2n) is 4.44. The van der Waals surface area contributed by atoms with Gasteiger partial charge in [0.25, 0.3) is 5.91 Å². The van der Waals surface area contributed by atoms with Crippen molar-refractivity contribution in [1.82, 2.24) is 4.90 Å². The van der Waals surface area contributed by atoms with Crippen LogP contribution in [-0.4, -0.2) is 25.0 Å². The van der Waals surface area contributed by atoms with Crippen molar-refractivity contribution in [2.45, 2.75) is 13.0 Å². The molecule has 1 aromatic heterocycles. The molecule has 1 unspecified atom stereocenters. The molecule has 1 aromatic carbocycles. The number of hydrogen-bond acceptors (Lipinski definition) is 3. The number of carbonyl (C=O) groups is 1. The lowest BCUT2D eigenvalue weighted by molar-refractivity contribution is 0.0740. The lowest BCUT2D eigenvalue weighted by atomic mass is 10.1. The van der Waals surface area contributed by atoms with Crippen molar-refractivity contribution >= 4 is 17.5 Å². The molecule has 1 amide bonds. The zero-order valence-corrected chi connectivity index (χ0v) is 12.3. The average Bonchev–Trinajstić information content (AvgIpc) is 2.91. The van der Waals surface area contributed by atoms with E-state index < -0.39 is 0 Å². The van der Waals surface area contributed by atoms with E-state index in [0.717, 1.165) is 11.3 Å². The van der Waals surface area contributed by atoms with Crippen molar-refractivity contribution in [2.75, 3.05) is 14.2 Å². The Morgan fingerprint density at radius 1 is 1.35 bits per heavy atom. The smallest absolute Gasteiger partial charge is 0.258 e. The molecule has 4 nitrogen and oxygen atoms in total. The predicted octanol–water partition coefficient (Wildman–Crippen LogP) is 3.77. The van der Waals surface area contributed by atoms with Crippen LogP contribution in [0.2, 0.25) is 5.22 Å². The molecule has 0 aliphatic heterocycles. The zero-order chi connectivity index (χ0) is 14.7. The van der Waals surface area contributed by atoms with Crippen molar-refractivity contribution in [3.8, 4) is 5.75 Å². The van der Waals surface area contributed by atoms with E-state index in [4.69, 9.17) is 20.8 Å². The number of rotatable bonds is 4. The average molecular weight is 294 g/mol. The van der Waals surface area contributed by atoms with Crippen LogP contribution in [-0.2, 0) is 0 Å². The minimum absolute atomic E-state index is 0.106. The first-order valence-corrected chi connectivity index (χ1v) is 6.57. The van der Waals surface area contributed by atoms with E-state index in [9.17, 15) is 4.79 Å². The maximum absolute atomic E-state index is 12.4. The molecule has 0 fully saturated rings. The third-order valence-corrected chi connectivity index (χ3v) is 3.63. The monoisotopic (exact) mass is 293 g/mol. The highest BCUT2D eigenvalue weighted by Crippen LogP contribution is 2.30. The van der Waals surface area contributed by atoms with Gasteiger partial charge in [-0.25, -0.2) is 0 Å². The maximum atomic E-state index is 12.4. The van der Waals surface area contributed by atoms with Gasteiger partial charge in [-0.3, -0.25) is 4.79 Å². The quantitative estimate of drug-likeness (QED) is 0.861. The predicted molar refractivity (Wildman–Crippen MR) is 77.2 cm³/mol. The first-order chi connectivity index (χ1) is 9.56. The van der Waals surface area contributed by atoms with Crippen molar-refractivity contribution in [1.29, 1.82) is 0 Å². The van der Waals surface area contributed by atoms with E-state index >= 15 is 0 Å². The normalized spacial score (nSPS) is 12.0. The molecule has 0 bridgehead atoms. The number of carbonyl (C=O) groups excluding carboxylic acids is 1. The molecular formula is C15H16ClNO3. The van der Waals surface area contributed by atoms with Crippen LogP contribution in [0.15, 0.2) is 41.0 Å². The molecule has 0 aliphatic carbocycles. The fraction of sp³-hybridized carbons (Fsp3) is 0.267. The van der Waals surface area contributed by atoms with Crippen LogP contribution in [0.25, 0.3) is 0 Å². The summed E-state index contributed by atoms with van der Waals surface area (Å²) < 4.78 is 10.3. The summed E-state index contributed by atoms with van der Waals surface area (Å²) in [5, 5.41) is 0.106. The van der Waals surface area contributed by atoms with Crippen molar-refractivity contribution in [2.24, 2.45) is 0 Å². The summed E-state index contributed by atoms with van der Waals surface area (Å²) in [6.45, 7) is 1.93. The van der Waals surface area contributed by atoms with E-state index in [1.54, 1.807) is 25.1 Å². The number of furan rings is 1. The molecular weight excluding hydrogens is 278 g/mol. The number of benzene rings is 1. The molecule has 2 aromatic rings. The lowest BCUT2D eigenvalue weighted by Crippen LogP contribution is -2.29. The summed E-state index contributed by atoms with van der Waals surface area (Å²) in [6.07, 6.45) is 1.40. The third kappa shape index (κ3) is 2.65. The summed E-state index contributed by atoms with van der Waals surface area (Å²) >= 11 is 5.85. The van der Waals surface area contributed by atoms with Crippen molar-refractivity contribution in [3.63, 3.8) is 0 Å². The van der Waals surface area contributed by atoms with Crippen molar-refractivity contribution in [3.05, 3.63) is 52.9 Å².